The van der Waals surface area contributed by atoms with Gasteiger partial charge in [0.25, 0.3) is 0 Å². The van der Waals surface area contributed by atoms with Crippen molar-refractivity contribution in [2.75, 3.05) is 12.3 Å². The van der Waals surface area contributed by atoms with Crippen LogP contribution in [0.25, 0.3) is 0 Å². The van der Waals surface area contributed by atoms with E-state index in [0.717, 1.165) is 5.75 Å². The van der Waals surface area contributed by atoms with E-state index in [1.54, 1.807) is 18.2 Å². The molecule has 0 saturated carbocycles. The van der Waals surface area contributed by atoms with Crippen LogP contribution >= 0.6 is 11.8 Å². The van der Waals surface area contributed by atoms with Crippen molar-refractivity contribution in [3.8, 4) is 5.75 Å². The van der Waals surface area contributed by atoms with Gasteiger partial charge in [-0.2, -0.15) is 0 Å². The van der Waals surface area contributed by atoms with Crippen molar-refractivity contribution >= 4 is 23.3 Å². The minimum Gasteiger partial charge on any atom is -0.507 e. The van der Waals surface area contributed by atoms with Crippen LogP contribution in [-0.4, -0.2) is 29.0 Å². The second kappa shape index (κ2) is 5.27. The summed E-state index contributed by atoms with van der Waals surface area (Å²) in [5.74, 6) is 0.207. The van der Waals surface area contributed by atoms with Crippen molar-refractivity contribution in [3.05, 3.63) is 40.4 Å². The van der Waals surface area contributed by atoms with Crippen LogP contribution in [0.5, 0.6) is 5.75 Å². The van der Waals surface area contributed by atoms with Gasteiger partial charge in [0.05, 0.1) is 10.5 Å². The minimum atomic E-state index is -0.342. The van der Waals surface area contributed by atoms with Crippen LogP contribution in [0.2, 0.25) is 0 Å². The molecule has 0 radical (unpaired) electrons. The largest absolute Gasteiger partial charge is 0.507 e. The van der Waals surface area contributed by atoms with Gasteiger partial charge in [-0.25, -0.2) is 0 Å². The molecule has 0 fully saturated rings. The lowest BCUT2D eigenvalue weighted by Gasteiger charge is -2.19. The Bertz CT molecular complexity index is 537. The number of carbonyl (C=O) groups excluding carboxylic acids is 2. The van der Waals surface area contributed by atoms with Crippen LogP contribution in [0.15, 0.2) is 34.9 Å². The van der Waals surface area contributed by atoms with E-state index < -0.39 is 0 Å². The highest BCUT2D eigenvalue weighted by atomic mass is 32.2. The topological polar surface area (TPSA) is 66.4 Å². The number of rotatable bonds is 3. The zero-order valence-electron chi connectivity index (χ0n) is 9.90. The van der Waals surface area contributed by atoms with Crippen molar-refractivity contribution in [3.63, 3.8) is 0 Å². The summed E-state index contributed by atoms with van der Waals surface area (Å²) in [7, 11) is 0. The van der Waals surface area contributed by atoms with Crippen molar-refractivity contribution in [1.82, 2.24) is 5.32 Å². The molecule has 18 heavy (non-hydrogen) atoms. The minimum absolute atomic E-state index is 0.0738. The number of para-hydroxylation sites is 1. The monoisotopic (exact) mass is 263 g/mol. The SMILES string of the molecule is CC(=O)C1=C(C(=O)c2ccccc2O)NCCS1. The third kappa shape index (κ3) is 2.41. The molecule has 0 bridgehead atoms. The Morgan fingerprint density at radius 2 is 2.06 bits per heavy atom. The van der Waals surface area contributed by atoms with Crippen LogP contribution < -0.4 is 5.32 Å². The maximum absolute atomic E-state index is 12.3. The average Bonchev–Trinajstić information content (AvgIpc) is 2.38. The summed E-state index contributed by atoms with van der Waals surface area (Å²) in [5, 5.41) is 12.6. The van der Waals surface area contributed by atoms with E-state index in [9.17, 15) is 14.7 Å². The molecule has 94 valence electrons. The van der Waals surface area contributed by atoms with E-state index in [2.05, 4.69) is 5.32 Å². The van der Waals surface area contributed by atoms with Crippen molar-refractivity contribution in [2.45, 2.75) is 6.92 Å². The number of benzene rings is 1. The third-order valence-electron chi connectivity index (χ3n) is 2.57. The predicted octanol–water partition coefficient (Wildman–Crippen LogP) is 1.71. The molecule has 1 aromatic rings. The molecule has 1 heterocycles. The number of nitrogens with one attached hydrogen (secondary N) is 1. The molecule has 0 atom stereocenters. The Morgan fingerprint density at radius 1 is 1.33 bits per heavy atom. The molecule has 0 amide bonds. The van der Waals surface area contributed by atoms with E-state index in [0.29, 0.717) is 17.1 Å². The molecular weight excluding hydrogens is 250 g/mol. The smallest absolute Gasteiger partial charge is 0.213 e. The van der Waals surface area contributed by atoms with Crippen LogP contribution in [-0.2, 0) is 4.79 Å². The lowest BCUT2D eigenvalue weighted by Crippen LogP contribution is -2.29. The maximum Gasteiger partial charge on any atom is 0.213 e. The second-order valence-corrected chi connectivity index (χ2v) is 4.99. The van der Waals surface area contributed by atoms with Crippen LogP contribution in [0.3, 0.4) is 0 Å². The summed E-state index contributed by atoms with van der Waals surface area (Å²) in [6, 6.07) is 6.33. The maximum atomic E-state index is 12.3. The first-order chi connectivity index (χ1) is 8.61. The highest BCUT2D eigenvalue weighted by molar-refractivity contribution is 8.04. The molecule has 0 aromatic heterocycles. The van der Waals surface area contributed by atoms with Crippen molar-refractivity contribution in [1.29, 1.82) is 0 Å². The Hall–Kier alpha value is -1.75. The molecule has 2 rings (SSSR count). The van der Waals surface area contributed by atoms with Gasteiger partial charge in [0.2, 0.25) is 5.78 Å². The summed E-state index contributed by atoms with van der Waals surface area (Å²) < 4.78 is 0. The van der Waals surface area contributed by atoms with E-state index in [1.807, 2.05) is 0 Å². The number of allylic oxidation sites excluding steroid dienone is 2. The molecule has 1 aromatic carbocycles. The van der Waals surface area contributed by atoms with Crippen LogP contribution in [0.1, 0.15) is 17.3 Å². The molecule has 0 saturated heterocycles. The first kappa shape index (κ1) is 12.7. The van der Waals surface area contributed by atoms with Gasteiger partial charge in [0, 0.05) is 12.3 Å². The summed E-state index contributed by atoms with van der Waals surface area (Å²) in [5.41, 5.74) is 0.501. The number of phenolic OH excluding ortho intramolecular Hbond substituents is 1. The summed E-state index contributed by atoms with van der Waals surface area (Å²) in [6.45, 7) is 2.07. The zero-order valence-corrected chi connectivity index (χ0v) is 10.7. The zero-order chi connectivity index (χ0) is 13.1. The second-order valence-electron chi connectivity index (χ2n) is 3.88. The number of aromatic hydroxyl groups is 1. The average molecular weight is 263 g/mol. The van der Waals surface area contributed by atoms with Crippen molar-refractivity contribution < 1.29 is 14.7 Å². The standard InChI is InChI=1S/C13H13NO3S/c1-8(15)13-11(14-6-7-18-13)12(17)9-4-2-3-5-10(9)16/h2-5,14,16H,6-7H2,1H3. The predicted molar refractivity (Wildman–Crippen MR) is 70.6 cm³/mol. The number of hydrogen-bond acceptors (Lipinski definition) is 5. The van der Waals surface area contributed by atoms with Gasteiger partial charge < -0.3 is 10.4 Å². The molecule has 5 heteroatoms. The highest BCUT2D eigenvalue weighted by Gasteiger charge is 2.24. The van der Waals surface area contributed by atoms with E-state index >= 15 is 0 Å². The summed E-state index contributed by atoms with van der Waals surface area (Å²) in [4.78, 5) is 24.2. The quantitative estimate of drug-likeness (QED) is 0.813. The number of thioether (sulfide) groups is 1. The van der Waals surface area contributed by atoms with Crippen LogP contribution in [0.4, 0.5) is 0 Å². The molecule has 0 spiro atoms. The Kier molecular flexibility index (Phi) is 3.72. The molecule has 0 aliphatic carbocycles. The van der Waals surface area contributed by atoms with Gasteiger partial charge in [-0.15, -0.1) is 11.8 Å². The lowest BCUT2D eigenvalue weighted by atomic mass is 10.1. The normalized spacial score (nSPS) is 15.2. The van der Waals surface area contributed by atoms with Gasteiger partial charge in [0.1, 0.15) is 11.4 Å². The van der Waals surface area contributed by atoms with E-state index in [4.69, 9.17) is 0 Å². The van der Waals surface area contributed by atoms with E-state index in [-0.39, 0.29) is 22.9 Å². The third-order valence-corrected chi connectivity index (χ3v) is 3.76. The fourth-order valence-corrected chi connectivity index (χ4v) is 2.66. The lowest BCUT2D eigenvalue weighted by molar-refractivity contribution is -0.113. The van der Waals surface area contributed by atoms with Gasteiger partial charge in [-0.05, 0) is 19.1 Å². The molecule has 0 unspecified atom stereocenters. The van der Waals surface area contributed by atoms with Gasteiger partial charge >= 0.3 is 0 Å². The fourth-order valence-electron chi connectivity index (χ4n) is 1.74. The van der Waals surface area contributed by atoms with E-state index in [1.165, 1.54) is 24.8 Å². The van der Waals surface area contributed by atoms with Crippen LogP contribution in [0, 0.1) is 0 Å². The van der Waals surface area contributed by atoms with Gasteiger partial charge in [-0.3, -0.25) is 9.59 Å². The number of hydrogen-bond donors (Lipinski definition) is 2. The fraction of sp³-hybridized carbons (Fsp3) is 0.231. The summed E-state index contributed by atoms with van der Waals surface area (Å²) in [6.07, 6.45) is 0. The first-order valence-corrected chi connectivity index (χ1v) is 6.54. The Morgan fingerprint density at radius 3 is 2.72 bits per heavy atom. The molecular formula is C13H13NO3S. The van der Waals surface area contributed by atoms with Gasteiger partial charge in [0.15, 0.2) is 5.78 Å². The number of ketones is 2. The number of phenols is 1. The highest BCUT2D eigenvalue weighted by Crippen LogP contribution is 2.27. The number of carbonyl (C=O) groups is 2. The first-order valence-electron chi connectivity index (χ1n) is 5.56. The Balaban J connectivity index is 2.44. The van der Waals surface area contributed by atoms with Gasteiger partial charge in [-0.1, -0.05) is 12.1 Å². The molecule has 1 aliphatic heterocycles. The Labute approximate surface area is 109 Å². The summed E-state index contributed by atoms with van der Waals surface area (Å²) >= 11 is 1.37. The molecule has 1 aliphatic rings. The van der Waals surface area contributed by atoms with Crippen molar-refractivity contribution in [2.24, 2.45) is 0 Å². The number of Topliss-reactive ketones (excluding diaryl/α,β-unsaturated/α-hetero) is 2. The molecule has 4 nitrogen and oxygen atoms in total. The molecule has 2 N–H and O–H groups in total.